The van der Waals surface area contributed by atoms with Crippen molar-refractivity contribution in [2.45, 2.75) is 32.6 Å². The highest BCUT2D eigenvalue weighted by Gasteiger charge is 2.15. The second kappa shape index (κ2) is 8.79. The van der Waals surface area contributed by atoms with Gasteiger partial charge in [-0.2, -0.15) is 0 Å². The van der Waals surface area contributed by atoms with Gasteiger partial charge < -0.3 is 14.4 Å². The molecule has 0 unspecified atom stereocenters. The van der Waals surface area contributed by atoms with Crippen LogP contribution in [-0.2, 0) is 0 Å². The van der Waals surface area contributed by atoms with Gasteiger partial charge in [0.15, 0.2) is 11.5 Å². The Morgan fingerprint density at radius 1 is 1.32 bits per heavy atom. The number of carbonyl (C=O) groups excluding carboxylic acids is 1. The van der Waals surface area contributed by atoms with E-state index in [1.165, 1.54) is 25.9 Å². The minimum Gasteiger partial charge on any atom is -0.493 e. The van der Waals surface area contributed by atoms with Gasteiger partial charge in [0.05, 0.1) is 13.7 Å². The Morgan fingerprint density at radius 3 is 2.91 bits per heavy atom. The molecule has 2 rings (SSSR count). The molecule has 0 aromatic heterocycles. The van der Waals surface area contributed by atoms with Gasteiger partial charge in [-0.3, -0.25) is 4.79 Å². The van der Waals surface area contributed by atoms with Crippen LogP contribution in [-0.4, -0.2) is 44.5 Å². The molecule has 1 heterocycles. The molecule has 0 radical (unpaired) electrons. The minimum absolute atomic E-state index is 0.600. The Balaban J connectivity index is 1.69. The molecule has 0 aliphatic carbocycles. The first-order valence-corrected chi connectivity index (χ1v) is 8.21. The summed E-state index contributed by atoms with van der Waals surface area (Å²) in [7, 11) is 1.59. The van der Waals surface area contributed by atoms with E-state index in [1.54, 1.807) is 25.3 Å². The molecule has 1 aliphatic rings. The molecular weight excluding hydrogens is 278 g/mol. The number of piperidine rings is 1. The Bertz CT molecular complexity index is 475. The van der Waals surface area contributed by atoms with E-state index in [9.17, 15) is 4.79 Å². The van der Waals surface area contributed by atoms with Crippen molar-refractivity contribution in [2.75, 3.05) is 33.4 Å². The summed E-state index contributed by atoms with van der Waals surface area (Å²) >= 11 is 0. The van der Waals surface area contributed by atoms with Gasteiger partial charge in [0.25, 0.3) is 0 Å². The zero-order valence-electron chi connectivity index (χ0n) is 13.7. The average Bonchev–Trinajstić information content (AvgIpc) is 2.54. The van der Waals surface area contributed by atoms with Crippen LogP contribution in [0.5, 0.6) is 11.5 Å². The van der Waals surface area contributed by atoms with Gasteiger partial charge in [-0.15, -0.1) is 0 Å². The minimum atomic E-state index is 0.600. The van der Waals surface area contributed by atoms with Crippen molar-refractivity contribution >= 4 is 6.29 Å². The Labute approximate surface area is 133 Å². The molecule has 0 amide bonds. The van der Waals surface area contributed by atoms with Crippen molar-refractivity contribution < 1.29 is 14.3 Å². The Hall–Kier alpha value is -1.55. The molecule has 122 valence electrons. The summed E-state index contributed by atoms with van der Waals surface area (Å²) < 4.78 is 11.0. The molecule has 1 fully saturated rings. The third kappa shape index (κ3) is 5.02. The number of hydrogen-bond donors (Lipinski definition) is 0. The number of benzene rings is 1. The van der Waals surface area contributed by atoms with Crippen molar-refractivity contribution in [1.82, 2.24) is 4.90 Å². The van der Waals surface area contributed by atoms with Gasteiger partial charge >= 0.3 is 0 Å². The first kappa shape index (κ1) is 16.8. The van der Waals surface area contributed by atoms with E-state index in [1.807, 2.05) is 0 Å². The number of carbonyl (C=O) groups is 1. The van der Waals surface area contributed by atoms with Crippen molar-refractivity contribution in [3.8, 4) is 11.5 Å². The van der Waals surface area contributed by atoms with Gasteiger partial charge in [-0.25, -0.2) is 0 Å². The van der Waals surface area contributed by atoms with E-state index in [4.69, 9.17) is 9.47 Å². The van der Waals surface area contributed by atoms with E-state index in [0.29, 0.717) is 23.7 Å². The zero-order valence-corrected chi connectivity index (χ0v) is 13.7. The fourth-order valence-corrected chi connectivity index (χ4v) is 2.99. The predicted molar refractivity (Wildman–Crippen MR) is 87.9 cm³/mol. The molecule has 0 bridgehead atoms. The molecule has 1 aromatic carbocycles. The lowest BCUT2D eigenvalue weighted by Gasteiger charge is -2.30. The van der Waals surface area contributed by atoms with E-state index in [0.717, 1.165) is 31.6 Å². The summed E-state index contributed by atoms with van der Waals surface area (Å²) in [5.74, 6) is 2.17. The Morgan fingerprint density at radius 2 is 2.18 bits per heavy atom. The van der Waals surface area contributed by atoms with Gasteiger partial charge in [0.1, 0.15) is 6.29 Å². The number of nitrogens with zero attached hydrogens (tertiary/aromatic N) is 1. The van der Waals surface area contributed by atoms with E-state index >= 15 is 0 Å². The lowest BCUT2D eigenvalue weighted by atomic mass is 10.0. The highest BCUT2D eigenvalue weighted by molar-refractivity contribution is 5.76. The topological polar surface area (TPSA) is 38.8 Å². The van der Waals surface area contributed by atoms with Crippen LogP contribution in [0.1, 0.15) is 43.0 Å². The smallest absolute Gasteiger partial charge is 0.161 e. The summed E-state index contributed by atoms with van der Waals surface area (Å²) in [6.07, 6.45) is 5.70. The largest absolute Gasteiger partial charge is 0.493 e. The molecular formula is C18H27NO3. The second-order valence-corrected chi connectivity index (χ2v) is 6.13. The maximum Gasteiger partial charge on any atom is 0.161 e. The van der Waals surface area contributed by atoms with Crippen LogP contribution < -0.4 is 9.47 Å². The van der Waals surface area contributed by atoms with E-state index in [-0.39, 0.29) is 0 Å². The normalized spacial score (nSPS) is 18.9. The molecule has 1 saturated heterocycles. The van der Waals surface area contributed by atoms with Crippen LogP contribution in [0.25, 0.3) is 0 Å². The molecule has 1 atom stereocenters. The molecule has 1 aliphatic heterocycles. The molecule has 0 saturated carbocycles. The first-order valence-electron chi connectivity index (χ1n) is 8.21. The number of methoxy groups -OCH3 is 1. The van der Waals surface area contributed by atoms with E-state index < -0.39 is 0 Å². The second-order valence-electron chi connectivity index (χ2n) is 6.13. The lowest BCUT2D eigenvalue weighted by molar-refractivity contribution is 0.112. The third-order valence-electron chi connectivity index (χ3n) is 4.19. The third-order valence-corrected chi connectivity index (χ3v) is 4.19. The van der Waals surface area contributed by atoms with Crippen molar-refractivity contribution in [1.29, 1.82) is 0 Å². The molecule has 0 spiro atoms. The molecule has 4 nitrogen and oxygen atoms in total. The van der Waals surface area contributed by atoms with E-state index in [2.05, 4.69) is 11.8 Å². The highest BCUT2D eigenvalue weighted by Crippen LogP contribution is 2.27. The molecule has 22 heavy (non-hydrogen) atoms. The van der Waals surface area contributed by atoms with Gasteiger partial charge in [0.2, 0.25) is 0 Å². The SMILES string of the molecule is COc1cc(C=O)ccc1OCCCCN1CCC[C@H](C)C1. The maximum atomic E-state index is 10.8. The number of ether oxygens (including phenoxy) is 2. The number of aldehydes is 1. The summed E-state index contributed by atoms with van der Waals surface area (Å²) in [5.41, 5.74) is 0.600. The lowest BCUT2D eigenvalue weighted by Crippen LogP contribution is -2.35. The van der Waals surface area contributed by atoms with Crippen LogP contribution in [0.3, 0.4) is 0 Å². The summed E-state index contributed by atoms with van der Waals surface area (Å²) in [5, 5.41) is 0. The summed E-state index contributed by atoms with van der Waals surface area (Å²) in [4.78, 5) is 13.3. The summed E-state index contributed by atoms with van der Waals surface area (Å²) in [6, 6.07) is 5.26. The monoisotopic (exact) mass is 305 g/mol. The van der Waals surface area contributed by atoms with Crippen LogP contribution in [0.4, 0.5) is 0 Å². The molecule has 0 N–H and O–H groups in total. The fourth-order valence-electron chi connectivity index (χ4n) is 2.99. The zero-order chi connectivity index (χ0) is 15.8. The standard InChI is InChI=1S/C18H27NO3/c1-15-6-5-10-19(13-15)9-3-4-11-22-17-8-7-16(14-20)12-18(17)21-2/h7-8,12,14-15H,3-6,9-11,13H2,1-2H3/t15-/m0/s1. The maximum absolute atomic E-state index is 10.8. The molecule has 1 aromatic rings. The van der Waals surface area contributed by atoms with Gasteiger partial charge in [0, 0.05) is 12.1 Å². The number of unbranched alkanes of at least 4 members (excludes halogenated alkanes) is 1. The quantitative estimate of drug-likeness (QED) is 0.545. The van der Waals surface area contributed by atoms with Gasteiger partial charge in [-0.1, -0.05) is 6.92 Å². The average molecular weight is 305 g/mol. The Kier molecular flexibility index (Phi) is 6.72. The number of likely N-dealkylation sites (tertiary alicyclic amines) is 1. The van der Waals surface area contributed by atoms with Crippen LogP contribution in [0.15, 0.2) is 18.2 Å². The van der Waals surface area contributed by atoms with Crippen LogP contribution in [0.2, 0.25) is 0 Å². The van der Waals surface area contributed by atoms with Crippen molar-refractivity contribution in [3.05, 3.63) is 23.8 Å². The first-order chi connectivity index (χ1) is 10.7. The van der Waals surface area contributed by atoms with Crippen LogP contribution >= 0.6 is 0 Å². The molecule has 4 heteroatoms. The summed E-state index contributed by atoms with van der Waals surface area (Å²) in [6.45, 7) is 6.66. The van der Waals surface area contributed by atoms with Crippen LogP contribution in [0, 0.1) is 5.92 Å². The van der Waals surface area contributed by atoms with Crippen molar-refractivity contribution in [3.63, 3.8) is 0 Å². The van der Waals surface area contributed by atoms with Crippen molar-refractivity contribution in [2.24, 2.45) is 5.92 Å². The van der Waals surface area contributed by atoms with Gasteiger partial charge in [-0.05, 0) is 62.9 Å². The number of rotatable bonds is 8. The number of hydrogen-bond acceptors (Lipinski definition) is 4. The predicted octanol–water partition coefficient (Wildman–Crippen LogP) is 3.40. The highest BCUT2D eigenvalue weighted by atomic mass is 16.5. The fraction of sp³-hybridized carbons (Fsp3) is 0.611.